The van der Waals surface area contributed by atoms with Crippen molar-refractivity contribution >= 4 is 11.0 Å². The maximum absolute atomic E-state index is 11.9. The lowest BCUT2D eigenvalue weighted by molar-refractivity contribution is 0.123. The highest BCUT2D eigenvalue weighted by Gasteiger charge is 2.11. The van der Waals surface area contributed by atoms with Gasteiger partial charge in [0.15, 0.2) is 5.65 Å². The van der Waals surface area contributed by atoms with Gasteiger partial charge in [-0.15, -0.1) is 0 Å². The van der Waals surface area contributed by atoms with Gasteiger partial charge in [-0.05, 0) is 12.5 Å². The molecule has 0 radical (unpaired) electrons. The third-order valence-corrected chi connectivity index (χ3v) is 3.23. The number of hydrogen-bond donors (Lipinski definition) is 2. The van der Waals surface area contributed by atoms with Crippen molar-refractivity contribution in [3.05, 3.63) is 57.8 Å². The third-order valence-electron chi connectivity index (χ3n) is 3.23. The van der Waals surface area contributed by atoms with Gasteiger partial charge < -0.3 is 9.72 Å². The fourth-order valence-electron chi connectivity index (χ4n) is 2.22. The zero-order valence-corrected chi connectivity index (χ0v) is 13.7. The summed E-state index contributed by atoms with van der Waals surface area (Å²) >= 11 is 0. The fourth-order valence-corrected chi connectivity index (χ4v) is 2.22. The normalized spacial score (nSPS) is 10.4. The summed E-state index contributed by atoms with van der Waals surface area (Å²) in [5.41, 5.74) is 2.17. The maximum atomic E-state index is 11.9. The smallest absolute Gasteiger partial charge is 0.262 e. The number of aromatic nitrogens is 4. The first-order valence-corrected chi connectivity index (χ1v) is 7.79. The predicted molar refractivity (Wildman–Crippen MR) is 90.4 cm³/mol. The SMILES string of the molecule is CC.Cc1nc2n[nH]c(CCOCc3ccccc3)c2c(=O)[nH]1. The molecule has 6 heteroatoms. The van der Waals surface area contributed by atoms with Crippen LogP contribution in [0.25, 0.3) is 11.0 Å². The Hall–Kier alpha value is -2.47. The van der Waals surface area contributed by atoms with E-state index in [0.29, 0.717) is 36.5 Å². The van der Waals surface area contributed by atoms with Gasteiger partial charge in [-0.3, -0.25) is 9.89 Å². The van der Waals surface area contributed by atoms with Gasteiger partial charge in [0.25, 0.3) is 5.56 Å². The Kier molecular flexibility index (Phi) is 6.05. The lowest BCUT2D eigenvalue weighted by Gasteiger charge is -2.03. The number of fused-ring (bicyclic) bond motifs is 1. The lowest BCUT2D eigenvalue weighted by Crippen LogP contribution is -2.11. The van der Waals surface area contributed by atoms with Crippen molar-refractivity contribution in [3.63, 3.8) is 0 Å². The Morgan fingerprint density at radius 2 is 1.91 bits per heavy atom. The first-order chi connectivity index (χ1) is 11.2. The van der Waals surface area contributed by atoms with E-state index in [1.54, 1.807) is 6.92 Å². The van der Waals surface area contributed by atoms with Crippen LogP contribution in [-0.4, -0.2) is 26.8 Å². The van der Waals surface area contributed by atoms with Gasteiger partial charge in [-0.2, -0.15) is 5.10 Å². The van der Waals surface area contributed by atoms with Gasteiger partial charge in [0.2, 0.25) is 0 Å². The predicted octanol–water partition coefficient (Wildman–Crippen LogP) is 2.74. The average molecular weight is 314 g/mol. The molecule has 0 fully saturated rings. The van der Waals surface area contributed by atoms with E-state index in [1.165, 1.54) is 0 Å². The molecule has 2 N–H and O–H groups in total. The minimum absolute atomic E-state index is 0.163. The number of aryl methyl sites for hydroxylation is 1. The molecule has 0 aliphatic carbocycles. The van der Waals surface area contributed by atoms with Crippen molar-refractivity contribution in [3.8, 4) is 0 Å². The molecule has 6 nitrogen and oxygen atoms in total. The molecule has 3 aromatic rings. The highest BCUT2D eigenvalue weighted by molar-refractivity contribution is 5.76. The molecule has 0 saturated heterocycles. The zero-order valence-electron chi connectivity index (χ0n) is 13.7. The second-order valence-electron chi connectivity index (χ2n) is 4.84. The standard InChI is InChI=1S/C15H16N4O2.C2H6/c1-10-16-14-13(15(20)17-10)12(18-19-14)7-8-21-9-11-5-3-2-4-6-11;1-2/h2-6H,7-9H2,1H3,(H2,16,17,18,19,20);1-2H3. The van der Waals surface area contributed by atoms with E-state index in [0.717, 1.165) is 11.3 Å². The van der Waals surface area contributed by atoms with Gasteiger partial charge >= 0.3 is 0 Å². The summed E-state index contributed by atoms with van der Waals surface area (Å²) in [6.45, 7) is 6.80. The number of benzene rings is 1. The summed E-state index contributed by atoms with van der Waals surface area (Å²) in [6.07, 6.45) is 0.594. The Morgan fingerprint density at radius 1 is 1.17 bits per heavy atom. The van der Waals surface area contributed by atoms with E-state index in [4.69, 9.17) is 4.74 Å². The Balaban J connectivity index is 0.000000924. The van der Waals surface area contributed by atoms with E-state index in [-0.39, 0.29) is 5.56 Å². The highest BCUT2D eigenvalue weighted by atomic mass is 16.5. The fraction of sp³-hybridized carbons (Fsp3) is 0.353. The number of rotatable bonds is 5. The highest BCUT2D eigenvalue weighted by Crippen LogP contribution is 2.10. The van der Waals surface area contributed by atoms with Crippen molar-refractivity contribution < 1.29 is 4.74 Å². The summed E-state index contributed by atoms with van der Waals surface area (Å²) in [5, 5.41) is 7.45. The number of aromatic amines is 2. The van der Waals surface area contributed by atoms with Crippen molar-refractivity contribution in [1.82, 2.24) is 20.2 Å². The molecule has 2 heterocycles. The van der Waals surface area contributed by atoms with E-state index in [9.17, 15) is 4.79 Å². The van der Waals surface area contributed by atoms with Gasteiger partial charge in [0.05, 0.1) is 18.9 Å². The molecule has 0 aliphatic rings. The average Bonchev–Trinajstić information content (AvgIpc) is 2.97. The number of nitrogens with one attached hydrogen (secondary N) is 2. The molecule has 3 rings (SSSR count). The summed E-state index contributed by atoms with van der Waals surface area (Å²) in [4.78, 5) is 18.8. The summed E-state index contributed by atoms with van der Waals surface area (Å²) in [6, 6.07) is 9.97. The second kappa shape index (κ2) is 8.24. The minimum Gasteiger partial charge on any atom is -0.376 e. The summed E-state index contributed by atoms with van der Waals surface area (Å²) < 4.78 is 5.63. The molecular weight excluding hydrogens is 292 g/mol. The van der Waals surface area contributed by atoms with Crippen molar-refractivity contribution in [2.24, 2.45) is 0 Å². The van der Waals surface area contributed by atoms with Crippen LogP contribution in [0.5, 0.6) is 0 Å². The first kappa shape index (κ1) is 16.9. The van der Waals surface area contributed by atoms with Crippen LogP contribution in [0.4, 0.5) is 0 Å². The van der Waals surface area contributed by atoms with Crippen molar-refractivity contribution in [1.29, 1.82) is 0 Å². The molecule has 2 aromatic heterocycles. The van der Waals surface area contributed by atoms with E-state index in [1.807, 2.05) is 44.2 Å². The van der Waals surface area contributed by atoms with Gasteiger partial charge in [-0.1, -0.05) is 44.2 Å². The molecular formula is C17H22N4O2. The monoisotopic (exact) mass is 314 g/mol. The third kappa shape index (κ3) is 4.26. The van der Waals surface area contributed by atoms with Crippen LogP contribution in [-0.2, 0) is 17.8 Å². The van der Waals surface area contributed by atoms with Crippen LogP contribution in [0.3, 0.4) is 0 Å². The van der Waals surface area contributed by atoms with Crippen LogP contribution in [0, 0.1) is 6.92 Å². The molecule has 0 atom stereocenters. The van der Waals surface area contributed by atoms with Crippen LogP contribution >= 0.6 is 0 Å². The number of H-pyrrole nitrogens is 2. The Labute approximate surface area is 134 Å². The first-order valence-electron chi connectivity index (χ1n) is 7.79. The lowest BCUT2D eigenvalue weighted by atomic mass is 10.2. The number of hydrogen-bond acceptors (Lipinski definition) is 4. The van der Waals surface area contributed by atoms with E-state index >= 15 is 0 Å². The number of ether oxygens (including phenoxy) is 1. The van der Waals surface area contributed by atoms with Crippen LogP contribution < -0.4 is 5.56 Å². The van der Waals surface area contributed by atoms with Crippen LogP contribution in [0.1, 0.15) is 30.9 Å². The second-order valence-corrected chi connectivity index (χ2v) is 4.84. The Morgan fingerprint density at radius 3 is 2.65 bits per heavy atom. The molecule has 0 amide bonds. The summed E-state index contributed by atoms with van der Waals surface area (Å²) in [7, 11) is 0. The van der Waals surface area contributed by atoms with Crippen LogP contribution in [0.2, 0.25) is 0 Å². The molecule has 1 aromatic carbocycles. The van der Waals surface area contributed by atoms with Gasteiger partial charge in [0, 0.05) is 6.42 Å². The molecule has 0 unspecified atom stereocenters. The largest absolute Gasteiger partial charge is 0.376 e. The molecule has 0 saturated carbocycles. The van der Waals surface area contributed by atoms with Gasteiger partial charge in [-0.25, -0.2) is 4.98 Å². The van der Waals surface area contributed by atoms with Crippen molar-refractivity contribution in [2.75, 3.05) is 6.61 Å². The quantitative estimate of drug-likeness (QED) is 0.709. The molecule has 0 bridgehead atoms. The molecule has 23 heavy (non-hydrogen) atoms. The van der Waals surface area contributed by atoms with Gasteiger partial charge in [0.1, 0.15) is 11.2 Å². The maximum Gasteiger partial charge on any atom is 0.262 e. The number of nitrogens with zero attached hydrogens (tertiary/aromatic N) is 2. The topological polar surface area (TPSA) is 83.7 Å². The molecule has 0 spiro atoms. The van der Waals surface area contributed by atoms with Crippen LogP contribution in [0.15, 0.2) is 35.1 Å². The minimum atomic E-state index is -0.163. The molecule has 122 valence electrons. The zero-order chi connectivity index (χ0) is 16.7. The van der Waals surface area contributed by atoms with E-state index < -0.39 is 0 Å². The Bertz CT molecular complexity index is 793. The molecule has 0 aliphatic heterocycles. The summed E-state index contributed by atoms with van der Waals surface area (Å²) in [5.74, 6) is 0.561. The van der Waals surface area contributed by atoms with E-state index in [2.05, 4.69) is 20.2 Å². The van der Waals surface area contributed by atoms with Crippen molar-refractivity contribution in [2.45, 2.75) is 33.8 Å².